The van der Waals surface area contributed by atoms with Crippen LogP contribution in [0.25, 0.3) is 5.69 Å². The van der Waals surface area contributed by atoms with Gasteiger partial charge in [0.05, 0.1) is 7.11 Å². The average molecular weight is 552 g/mol. The van der Waals surface area contributed by atoms with E-state index in [0.717, 1.165) is 43.3 Å². The van der Waals surface area contributed by atoms with Crippen LogP contribution in [0.15, 0.2) is 39.8 Å². The topological polar surface area (TPSA) is 80.7 Å². The van der Waals surface area contributed by atoms with Crippen molar-refractivity contribution in [2.75, 3.05) is 27.7 Å². The van der Waals surface area contributed by atoms with E-state index in [0.29, 0.717) is 11.7 Å². The fourth-order valence-corrected chi connectivity index (χ4v) is 3.71. The van der Waals surface area contributed by atoms with Gasteiger partial charge >= 0.3 is 0 Å². The highest BCUT2D eigenvalue weighted by atomic mass is 127. The van der Waals surface area contributed by atoms with Crippen molar-refractivity contribution in [3.05, 3.63) is 59.0 Å². The standard InChI is InChI=1S/C23H32N6O2.HI/c1-16-14-19(17(2)29(16)20-9-11-21(30-6)12-10-20)15-28(5)23(24-4)25-13-7-8-22-26-18(3)27-31-22;/h9-12,14H,7-8,13,15H2,1-6H3,(H,24,25);1H. The molecule has 0 radical (unpaired) electrons. The van der Waals surface area contributed by atoms with Crippen LogP contribution in [0.5, 0.6) is 5.75 Å². The number of aliphatic imine (C=N–C) groups is 1. The lowest BCUT2D eigenvalue weighted by Gasteiger charge is -2.22. The maximum atomic E-state index is 5.28. The van der Waals surface area contributed by atoms with Crippen LogP contribution in [0.4, 0.5) is 0 Å². The summed E-state index contributed by atoms with van der Waals surface area (Å²) in [7, 11) is 5.54. The van der Waals surface area contributed by atoms with E-state index < -0.39 is 0 Å². The van der Waals surface area contributed by atoms with Crippen molar-refractivity contribution in [1.29, 1.82) is 0 Å². The first-order valence-electron chi connectivity index (χ1n) is 10.5. The second-order valence-corrected chi connectivity index (χ2v) is 7.60. The largest absolute Gasteiger partial charge is 0.497 e. The molecule has 1 aromatic carbocycles. The molecule has 0 atom stereocenters. The number of ether oxygens (including phenoxy) is 1. The monoisotopic (exact) mass is 552 g/mol. The molecular weight excluding hydrogens is 519 g/mol. The van der Waals surface area contributed by atoms with Gasteiger partial charge in [0.1, 0.15) is 5.75 Å². The van der Waals surface area contributed by atoms with Gasteiger partial charge in [0.15, 0.2) is 11.8 Å². The highest BCUT2D eigenvalue weighted by Crippen LogP contribution is 2.23. The summed E-state index contributed by atoms with van der Waals surface area (Å²) >= 11 is 0. The van der Waals surface area contributed by atoms with Crippen LogP contribution in [-0.2, 0) is 13.0 Å². The first-order valence-corrected chi connectivity index (χ1v) is 10.5. The number of nitrogens with zero attached hydrogens (tertiary/aromatic N) is 5. The molecule has 0 aliphatic carbocycles. The van der Waals surface area contributed by atoms with Gasteiger partial charge in [-0.05, 0) is 63.1 Å². The first-order chi connectivity index (χ1) is 14.9. The number of aromatic nitrogens is 3. The molecule has 3 aromatic rings. The number of rotatable bonds is 8. The van der Waals surface area contributed by atoms with Gasteiger partial charge in [-0.3, -0.25) is 4.99 Å². The first kappa shape index (κ1) is 25.7. The molecule has 0 unspecified atom stereocenters. The number of hydrogen-bond acceptors (Lipinski definition) is 5. The third kappa shape index (κ3) is 6.24. The minimum absolute atomic E-state index is 0. The van der Waals surface area contributed by atoms with Crippen LogP contribution in [0, 0.1) is 20.8 Å². The van der Waals surface area contributed by atoms with Crippen LogP contribution in [-0.4, -0.2) is 53.3 Å². The minimum atomic E-state index is 0. The molecule has 32 heavy (non-hydrogen) atoms. The van der Waals surface area contributed by atoms with E-state index in [4.69, 9.17) is 9.26 Å². The molecule has 0 fully saturated rings. The van der Waals surface area contributed by atoms with Crippen LogP contribution in [0.3, 0.4) is 0 Å². The van der Waals surface area contributed by atoms with Gasteiger partial charge in [0.25, 0.3) is 0 Å². The van der Waals surface area contributed by atoms with Gasteiger partial charge < -0.3 is 24.0 Å². The Hall–Kier alpha value is -2.56. The third-order valence-electron chi connectivity index (χ3n) is 5.27. The summed E-state index contributed by atoms with van der Waals surface area (Å²) in [6.07, 6.45) is 1.64. The van der Waals surface area contributed by atoms with Crippen LogP contribution >= 0.6 is 24.0 Å². The van der Waals surface area contributed by atoms with Crippen LogP contribution < -0.4 is 10.1 Å². The van der Waals surface area contributed by atoms with Crippen molar-refractivity contribution >= 4 is 29.9 Å². The Labute approximate surface area is 207 Å². The van der Waals surface area contributed by atoms with Crippen molar-refractivity contribution in [1.82, 2.24) is 24.9 Å². The maximum Gasteiger partial charge on any atom is 0.226 e. The Balaban J connectivity index is 0.00000363. The van der Waals surface area contributed by atoms with Crippen molar-refractivity contribution in [3.8, 4) is 11.4 Å². The Morgan fingerprint density at radius 1 is 1.22 bits per heavy atom. The molecule has 0 aliphatic heterocycles. The molecule has 0 saturated heterocycles. The predicted molar refractivity (Wildman–Crippen MR) is 137 cm³/mol. The summed E-state index contributed by atoms with van der Waals surface area (Å²) < 4.78 is 12.7. The molecule has 0 spiro atoms. The molecular formula is C23H33IN6O2. The normalized spacial score (nSPS) is 11.2. The number of benzene rings is 1. The molecule has 3 rings (SSSR count). The summed E-state index contributed by atoms with van der Waals surface area (Å²) in [4.78, 5) is 10.8. The number of guanidine groups is 1. The Kier molecular flexibility index (Phi) is 9.55. The Bertz CT molecular complexity index is 1030. The van der Waals surface area contributed by atoms with Crippen molar-refractivity contribution in [2.45, 2.75) is 40.2 Å². The molecule has 9 heteroatoms. The smallest absolute Gasteiger partial charge is 0.226 e. The summed E-state index contributed by atoms with van der Waals surface area (Å²) in [6.45, 7) is 7.66. The second-order valence-electron chi connectivity index (χ2n) is 7.60. The lowest BCUT2D eigenvalue weighted by molar-refractivity contribution is 0.371. The van der Waals surface area contributed by atoms with Gasteiger partial charge in [0, 0.05) is 50.7 Å². The molecule has 0 bridgehead atoms. The zero-order valence-corrected chi connectivity index (χ0v) is 22.0. The van der Waals surface area contributed by atoms with Crippen molar-refractivity contribution < 1.29 is 9.26 Å². The molecule has 8 nitrogen and oxygen atoms in total. The quantitative estimate of drug-likeness (QED) is 0.197. The van der Waals surface area contributed by atoms with E-state index in [1.165, 1.54) is 17.0 Å². The van der Waals surface area contributed by atoms with Gasteiger partial charge in [-0.15, -0.1) is 24.0 Å². The third-order valence-corrected chi connectivity index (χ3v) is 5.27. The molecule has 174 valence electrons. The highest BCUT2D eigenvalue weighted by molar-refractivity contribution is 14.0. The SMILES string of the molecule is CN=C(NCCCc1nc(C)no1)N(C)Cc1cc(C)n(-c2ccc(OC)cc2)c1C.I. The second kappa shape index (κ2) is 11.9. The molecule has 0 amide bonds. The minimum Gasteiger partial charge on any atom is -0.497 e. The number of methoxy groups -OCH3 is 1. The van der Waals surface area contributed by atoms with Crippen molar-refractivity contribution in [3.63, 3.8) is 0 Å². The average Bonchev–Trinajstić information content (AvgIpc) is 3.30. The number of aryl methyl sites for hydroxylation is 3. The number of hydrogen-bond donors (Lipinski definition) is 1. The zero-order valence-electron chi connectivity index (χ0n) is 19.7. The van der Waals surface area contributed by atoms with E-state index in [9.17, 15) is 0 Å². The van der Waals surface area contributed by atoms with E-state index >= 15 is 0 Å². The predicted octanol–water partition coefficient (Wildman–Crippen LogP) is 4.05. The van der Waals surface area contributed by atoms with Crippen molar-refractivity contribution in [2.24, 2.45) is 4.99 Å². The van der Waals surface area contributed by atoms with Crippen LogP contribution in [0.2, 0.25) is 0 Å². The van der Waals surface area contributed by atoms with Gasteiger partial charge in [-0.2, -0.15) is 4.98 Å². The summed E-state index contributed by atoms with van der Waals surface area (Å²) in [5.41, 5.74) is 4.81. The molecule has 2 heterocycles. The molecule has 0 saturated carbocycles. The van der Waals surface area contributed by atoms with Crippen LogP contribution in [0.1, 0.15) is 35.1 Å². The number of nitrogens with one attached hydrogen (secondary N) is 1. The Morgan fingerprint density at radius 3 is 2.53 bits per heavy atom. The van der Waals surface area contributed by atoms with Gasteiger partial charge in [-0.25, -0.2) is 0 Å². The summed E-state index contributed by atoms with van der Waals surface area (Å²) in [6, 6.07) is 10.4. The Morgan fingerprint density at radius 2 is 1.94 bits per heavy atom. The lowest BCUT2D eigenvalue weighted by atomic mass is 10.2. The molecule has 0 aliphatic rings. The van der Waals surface area contributed by atoms with E-state index in [2.05, 4.69) is 69.0 Å². The maximum absolute atomic E-state index is 5.28. The van der Waals surface area contributed by atoms with Gasteiger partial charge in [-0.1, -0.05) is 5.16 Å². The summed E-state index contributed by atoms with van der Waals surface area (Å²) in [5, 5.41) is 7.24. The zero-order chi connectivity index (χ0) is 22.4. The lowest BCUT2D eigenvalue weighted by Crippen LogP contribution is -2.39. The fraction of sp³-hybridized carbons (Fsp3) is 0.435. The highest BCUT2D eigenvalue weighted by Gasteiger charge is 2.14. The summed E-state index contributed by atoms with van der Waals surface area (Å²) in [5.74, 6) is 3.06. The van der Waals surface area contributed by atoms with E-state index in [1.807, 2.05) is 19.1 Å². The molecule has 1 N–H and O–H groups in total. The van der Waals surface area contributed by atoms with Gasteiger partial charge in [0.2, 0.25) is 5.89 Å². The van der Waals surface area contributed by atoms with E-state index in [-0.39, 0.29) is 24.0 Å². The fourth-order valence-electron chi connectivity index (χ4n) is 3.71. The van der Waals surface area contributed by atoms with E-state index in [1.54, 1.807) is 14.2 Å². The molecule has 2 aromatic heterocycles. The number of halogens is 1.